The minimum absolute atomic E-state index is 0.136. The fraction of sp³-hybridized carbons (Fsp3) is 0.389. The maximum absolute atomic E-state index is 14.4. The summed E-state index contributed by atoms with van der Waals surface area (Å²) in [5.41, 5.74) is -1.99. The van der Waals surface area contributed by atoms with Crippen molar-refractivity contribution in [1.82, 2.24) is 9.97 Å². The van der Waals surface area contributed by atoms with E-state index in [1.807, 2.05) is 0 Å². The summed E-state index contributed by atoms with van der Waals surface area (Å²) in [6.45, 7) is -0.340. The Kier molecular flexibility index (Phi) is 6.97. The van der Waals surface area contributed by atoms with Gasteiger partial charge in [-0.05, 0) is 25.1 Å². The molecule has 1 aromatic heterocycles. The monoisotopic (exact) mass is 523 g/mol. The van der Waals surface area contributed by atoms with Gasteiger partial charge < -0.3 is 9.64 Å². The van der Waals surface area contributed by atoms with Gasteiger partial charge in [0.15, 0.2) is 11.8 Å². The molecular weight excluding hydrogens is 510 g/mol. The highest BCUT2D eigenvalue weighted by Gasteiger charge is 2.46. The van der Waals surface area contributed by atoms with E-state index in [0.717, 1.165) is 17.0 Å². The number of benzene rings is 1. The van der Waals surface area contributed by atoms with Crippen molar-refractivity contribution in [2.75, 3.05) is 24.6 Å². The summed E-state index contributed by atoms with van der Waals surface area (Å²) in [5, 5.41) is 19.0. The number of nitriles is 1. The zero-order valence-corrected chi connectivity index (χ0v) is 18.7. The Morgan fingerprint density at radius 3 is 2.62 bits per heavy atom. The quantitative estimate of drug-likeness (QED) is 0.328. The van der Waals surface area contributed by atoms with Crippen LogP contribution in [0, 0.1) is 34.2 Å². The molecule has 1 saturated heterocycles. The van der Waals surface area contributed by atoms with Crippen LogP contribution in [0.15, 0.2) is 23.1 Å². The molecule has 182 valence electrons. The predicted molar refractivity (Wildman–Crippen MR) is 108 cm³/mol. The van der Waals surface area contributed by atoms with Gasteiger partial charge in [-0.2, -0.15) is 18.4 Å². The fourth-order valence-electron chi connectivity index (χ4n) is 3.30. The predicted octanol–water partition coefficient (Wildman–Crippen LogP) is 3.29. The molecule has 0 saturated carbocycles. The van der Waals surface area contributed by atoms with Crippen molar-refractivity contribution in [3.8, 4) is 6.07 Å². The van der Waals surface area contributed by atoms with Crippen LogP contribution in [0.3, 0.4) is 0 Å². The van der Waals surface area contributed by atoms with E-state index in [4.69, 9.17) is 11.6 Å². The molecule has 10 nitrogen and oxygen atoms in total. The van der Waals surface area contributed by atoms with Gasteiger partial charge in [-0.1, -0.05) is 11.6 Å². The van der Waals surface area contributed by atoms with E-state index in [-0.39, 0.29) is 17.4 Å². The van der Waals surface area contributed by atoms with Gasteiger partial charge in [0, 0.05) is 11.6 Å². The van der Waals surface area contributed by atoms with E-state index in [2.05, 4.69) is 14.7 Å². The fourth-order valence-corrected chi connectivity index (χ4v) is 4.90. The number of rotatable bonds is 5. The Morgan fingerprint density at radius 1 is 1.38 bits per heavy atom. The summed E-state index contributed by atoms with van der Waals surface area (Å²) in [5.74, 6) is -2.17. The molecule has 1 fully saturated rings. The Hall–Kier alpha value is -3.09. The minimum atomic E-state index is -4.92. The molecule has 0 N–H and O–H groups in total. The molecule has 0 amide bonds. The average molecular weight is 524 g/mol. The van der Waals surface area contributed by atoms with Crippen LogP contribution in [-0.4, -0.2) is 55.3 Å². The molecule has 0 aliphatic carbocycles. The van der Waals surface area contributed by atoms with Crippen LogP contribution in [0.1, 0.15) is 16.8 Å². The number of nitro groups is 1. The van der Waals surface area contributed by atoms with Crippen LogP contribution in [0.4, 0.5) is 29.1 Å². The Labute approximate surface area is 194 Å². The van der Waals surface area contributed by atoms with E-state index in [0.29, 0.717) is 6.07 Å². The number of hydrogen-bond acceptors (Lipinski definition) is 9. The molecule has 1 unspecified atom stereocenters. The van der Waals surface area contributed by atoms with Gasteiger partial charge in [0.1, 0.15) is 16.5 Å². The normalized spacial score (nSPS) is 17.8. The first kappa shape index (κ1) is 25.5. The molecule has 0 spiro atoms. The number of alkyl halides is 3. The van der Waals surface area contributed by atoms with E-state index < -0.39 is 73.4 Å². The highest BCUT2D eigenvalue weighted by atomic mass is 35.5. The second kappa shape index (κ2) is 9.28. The van der Waals surface area contributed by atoms with E-state index in [1.54, 1.807) is 0 Å². The van der Waals surface area contributed by atoms with Crippen LogP contribution < -0.4 is 4.90 Å². The van der Waals surface area contributed by atoms with Crippen molar-refractivity contribution in [3.63, 3.8) is 0 Å². The highest BCUT2D eigenvalue weighted by Crippen LogP contribution is 2.39. The summed E-state index contributed by atoms with van der Waals surface area (Å²) in [7, 11) is -4.92. The average Bonchev–Trinajstić information content (AvgIpc) is 2.72. The molecule has 2 atom stereocenters. The first-order chi connectivity index (χ1) is 15.8. The van der Waals surface area contributed by atoms with Crippen molar-refractivity contribution in [3.05, 3.63) is 50.7 Å². The first-order valence-corrected chi connectivity index (χ1v) is 11.2. The number of sulfone groups is 1. The maximum atomic E-state index is 14.4. The second-order valence-corrected chi connectivity index (χ2v) is 9.50. The molecule has 0 bridgehead atoms. The molecular formula is C18H14ClF4N5O5S. The number of aryl methyl sites for hydroxylation is 1. The zero-order valence-electron chi connectivity index (χ0n) is 17.1. The lowest BCUT2D eigenvalue weighted by atomic mass is 10.2. The van der Waals surface area contributed by atoms with E-state index in [9.17, 15) is 41.4 Å². The van der Waals surface area contributed by atoms with Gasteiger partial charge in [-0.25, -0.2) is 22.8 Å². The number of halogens is 5. The van der Waals surface area contributed by atoms with Crippen LogP contribution >= 0.6 is 11.6 Å². The van der Waals surface area contributed by atoms with Crippen LogP contribution in [0.5, 0.6) is 0 Å². The topological polar surface area (TPSA) is 139 Å². The summed E-state index contributed by atoms with van der Waals surface area (Å²) in [4.78, 5) is 18.4. The number of morpholine rings is 1. The molecule has 2 aromatic rings. The smallest absolute Gasteiger partial charge is 0.365 e. The van der Waals surface area contributed by atoms with Crippen molar-refractivity contribution in [1.29, 1.82) is 5.26 Å². The van der Waals surface area contributed by atoms with Crippen molar-refractivity contribution < 1.29 is 35.6 Å². The maximum Gasteiger partial charge on any atom is 0.416 e. The lowest BCUT2D eigenvalue weighted by molar-refractivity contribution is -0.385. The lowest BCUT2D eigenvalue weighted by Gasteiger charge is -2.34. The zero-order chi connectivity index (χ0) is 25.4. The third kappa shape index (κ3) is 4.88. The first-order valence-electron chi connectivity index (χ1n) is 9.32. The van der Waals surface area contributed by atoms with Crippen molar-refractivity contribution in [2.24, 2.45) is 0 Å². The molecule has 1 aliphatic heterocycles. The Bertz CT molecular complexity index is 1280. The molecule has 1 aromatic carbocycles. The SMILES string of the molecule is Cc1nc(C(C#N)S(=O)(=O)c2ccc(Cl)cc2F)c([N+](=O)[O-])c(N2CCO[C@@H](C(F)(F)F)C2)n1. The number of nitrogens with zero attached hydrogens (tertiary/aromatic N) is 5. The molecule has 3 rings (SSSR count). The van der Waals surface area contributed by atoms with Gasteiger partial charge >= 0.3 is 11.9 Å². The summed E-state index contributed by atoms with van der Waals surface area (Å²) in [6, 6.07) is 3.89. The Morgan fingerprint density at radius 2 is 2.06 bits per heavy atom. The van der Waals surface area contributed by atoms with Gasteiger partial charge in [0.05, 0.1) is 24.1 Å². The lowest BCUT2D eigenvalue weighted by Crippen LogP contribution is -2.49. The summed E-state index contributed by atoms with van der Waals surface area (Å²) >= 11 is 5.63. The number of ether oxygens (including phenoxy) is 1. The molecule has 34 heavy (non-hydrogen) atoms. The minimum Gasteiger partial charge on any atom is -0.365 e. The van der Waals surface area contributed by atoms with Gasteiger partial charge in [0.2, 0.25) is 20.9 Å². The van der Waals surface area contributed by atoms with E-state index >= 15 is 0 Å². The van der Waals surface area contributed by atoms with Crippen molar-refractivity contribution >= 4 is 32.9 Å². The standard InChI is InChI=1S/C18H14ClF4N5O5S/c1-9-25-15(13(7-24)34(31,32)12-3-2-10(19)6-11(12)20)16(28(29)30)17(26-9)27-4-5-33-14(8-27)18(21,22)23/h2-3,6,13-14H,4-5,8H2,1H3/t13?,14-/m1/s1. The van der Waals surface area contributed by atoms with Crippen LogP contribution in [0.2, 0.25) is 5.02 Å². The number of anilines is 1. The third-order valence-corrected chi connectivity index (χ3v) is 6.92. The third-order valence-electron chi connectivity index (χ3n) is 4.79. The number of aromatic nitrogens is 2. The Balaban J connectivity index is 2.19. The summed E-state index contributed by atoms with van der Waals surface area (Å²) in [6.07, 6.45) is -7.05. The van der Waals surface area contributed by atoms with E-state index in [1.165, 1.54) is 13.0 Å². The van der Waals surface area contributed by atoms with Crippen molar-refractivity contribution in [2.45, 2.75) is 29.3 Å². The van der Waals surface area contributed by atoms with Crippen LogP contribution in [-0.2, 0) is 14.6 Å². The molecule has 16 heteroatoms. The second-order valence-electron chi connectivity index (χ2n) is 7.06. The number of hydrogen-bond donors (Lipinski definition) is 0. The summed E-state index contributed by atoms with van der Waals surface area (Å²) < 4.78 is 84.7. The van der Waals surface area contributed by atoms with Gasteiger partial charge in [-0.15, -0.1) is 0 Å². The molecule has 2 heterocycles. The molecule has 0 radical (unpaired) electrons. The molecule has 1 aliphatic rings. The van der Waals surface area contributed by atoms with Crippen LogP contribution in [0.25, 0.3) is 0 Å². The van der Waals surface area contributed by atoms with Gasteiger partial charge in [0.25, 0.3) is 0 Å². The largest absolute Gasteiger partial charge is 0.416 e. The highest BCUT2D eigenvalue weighted by molar-refractivity contribution is 7.92. The van der Waals surface area contributed by atoms with Gasteiger partial charge in [-0.3, -0.25) is 10.1 Å².